The van der Waals surface area contributed by atoms with Crippen molar-refractivity contribution in [3.8, 4) is 0 Å². The predicted molar refractivity (Wildman–Crippen MR) is 133 cm³/mol. The summed E-state index contributed by atoms with van der Waals surface area (Å²) in [5.74, 6) is -0.190. The van der Waals surface area contributed by atoms with Crippen LogP contribution in [0.25, 0.3) is 0 Å². The van der Waals surface area contributed by atoms with Crippen molar-refractivity contribution in [2.75, 3.05) is 19.6 Å². The number of ether oxygens (including phenoxy) is 2. The molecule has 2 saturated heterocycles. The standard InChI is InChI=1S/C28H43NO6/c1-8-25(5)16-21(31)28(33)26(6)19(24(3,4)12-9-20(26)30)15-22(27(28,7)35-25)34-23(32)17-29-13-10-18(2)11-14-29/h8,15,18,20,22,30,33H,1,9-14,16-17H2,2-7H3/t20-,22-,25-,26+,27+,28-/m0/s1. The molecule has 0 amide bonds. The number of hydrogen-bond acceptors (Lipinski definition) is 7. The van der Waals surface area contributed by atoms with E-state index >= 15 is 0 Å². The van der Waals surface area contributed by atoms with E-state index in [-0.39, 0.29) is 13.0 Å². The minimum Gasteiger partial charge on any atom is -0.454 e. The highest BCUT2D eigenvalue weighted by atomic mass is 16.6. The van der Waals surface area contributed by atoms with Crippen molar-refractivity contribution in [1.29, 1.82) is 0 Å². The smallest absolute Gasteiger partial charge is 0.320 e. The van der Waals surface area contributed by atoms with Crippen LogP contribution in [0.15, 0.2) is 24.3 Å². The number of ketones is 1. The highest BCUT2D eigenvalue weighted by molar-refractivity contribution is 5.93. The summed E-state index contributed by atoms with van der Waals surface area (Å²) in [7, 11) is 0. The van der Waals surface area contributed by atoms with E-state index in [4.69, 9.17) is 9.47 Å². The Morgan fingerprint density at radius 2 is 1.86 bits per heavy atom. The minimum absolute atomic E-state index is 0.0781. The molecule has 7 heteroatoms. The van der Waals surface area contributed by atoms with Gasteiger partial charge in [0.15, 0.2) is 17.5 Å². The van der Waals surface area contributed by atoms with E-state index in [2.05, 4.69) is 18.4 Å². The van der Waals surface area contributed by atoms with Crippen molar-refractivity contribution in [1.82, 2.24) is 4.90 Å². The van der Waals surface area contributed by atoms with Crippen LogP contribution in [0.2, 0.25) is 0 Å². The number of carbonyl (C=O) groups is 2. The molecule has 0 unspecified atom stereocenters. The van der Waals surface area contributed by atoms with Gasteiger partial charge < -0.3 is 19.7 Å². The molecular weight excluding hydrogens is 446 g/mol. The topological polar surface area (TPSA) is 96.3 Å². The first-order chi connectivity index (χ1) is 16.1. The lowest BCUT2D eigenvalue weighted by Crippen LogP contribution is -2.81. The zero-order valence-electron chi connectivity index (χ0n) is 22.2. The molecule has 2 N–H and O–H groups in total. The van der Waals surface area contributed by atoms with E-state index in [1.807, 2.05) is 19.9 Å². The number of aliphatic hydroxyl groups is 2. The van der Waals surface area contributed by atoms with Gasteiger partial charge in [0, 0.05) is 6.42 Å². The lowest BCUT2D eigenvalue weighted by atomic mass is 9.44. The summed E-state index contributed by atoms with van der Waals surface area (Å²) in [6, 6.07) is 0. The molecule has 0 aromatic heterocycles. The van der Waals surface area contributed by atoms with Crippen molar-refractivity contribution in [2.24, 2.45) is 16.7 Å². The van der Waals surface area contributed by atoms with E-state index in [0.717, 1.165) is 31.5 Å². The van der Waals surface area contributed by atoms with Crippen molar-refractivity contribution >= 4 is 11.8 Å². The molecule has 0 aromatic rings. The van der Waals surface area contributed by atoms with Crippen LogP contribution in [0, 0.1) is 16.7 Å². The number of rotatable bonds is 4. The van der Waals surface area contributed by atoms with E-state index in [9.17, 15) is 19.8 Å². The van der Waals surface area contributed by atoms with Crippen LogP contribution >= 0.6 is 0 Å². The Bertz CT molecular complexity index is 936. The molecule has 6 atom stereocenters. The largest absolute Gasteiger partial charge is 0.454 e. The molecule has 3 fully saturated rings. The summed E-state index contributed by atoms with van der Waals surface area (Å²) in [5, 5.41) is 23.7. The number of aliphatic hydroxyl groups excluding tert-OH is 1. The Balaban J connectivity index is 1.78. The Morgan fingerprint density at radius 3 is 2.46 bits per heavy atom. The average molecular weight is 490 g/mol. The van der Waals surface area contributed by atoms with Gasteiger partial charge in [-0.05, 0) is 77.0 Å². The van der Waals surface area contributed by atoms with Gasteiger partial charge in [0.2, 0.25) is 0 Å². The molecule has 4 rings (SSSR count). The SMILES string of the molecule is C=C[C@@]1(C)CC(=O)[C@@]2(O)[C@](C)(O1)[C@@H](OC(=O)CN1CCC(C)CC1)C=C1C(C)(C)CC[C@H](O)[C@@]12C. The molecule has 2 heterocycles. The summed E-state index contributed by atoms with van der Waals surface area (Å²) in [6.45, 7) is 17.1. The summed E-state index contributed by atoms with van der Waals surface area (Å²) in [5.41, 5.74) is -5.68. The maximum absolute atomic E-state index is 13.9. The summed E-state index contributed by atoms with van der Waals surface area (Å²) in [6.07, 6.45) is 4.60. The van der Waals surface area contributed by atoms with Crippen molar-refractivity contribution in [2.45, 2.75) is 103 Å². The van der Waals surface area contributed by atoms with Crippen LogP contribution in [0.3, 0.4) is 0 Å². The van der Waals surface area contributed by atoms with E-state index in [1.54, 1.807) is 26.8 Å². The molecule has 4 aliphatic rings. The third-order valence-corrected chi connectivity index (χ3v) is 9.61. The van der Waals surface area contributed by atoms with Crippen LogP contribution in [0.5, 0.6) is 0 Å². The fraction of sp³-hybridized carbons (Fsp3) is 0.786. The molecule has 196 valence electrons. The molecule has 1 saturated carbocycles. The van der Waals surface area contributed by atoms with Gasteiger partial charge in [-0.25, -0.2) is 0 Å². The van der Waals surface area contributed by atoms with Gasteiger partial charge in [-0.2, -0.15) is 0 Å². The zero-order chi connectivity index (χ0) is 26.0. The molecule has 0 aromatic carbocycles. The zero-order valence-corrected chi connectivity index (χ0v) is 22.2. The van der Waals surface area contributed by atoms with Gasteiger partial charge in [-0.3, -0.25) is 14.5 Å². The summed E-state index contributed by atoms with van der Waals surface area (Å²) >= 11 is 0. The van der Waals surface area contributed by atoms with Gasteiger partial charge in [0.1, 0.15) is 5.60 Å². The third kappa shape index (κ3) is 3.85. The Morgan fingerprint density at radius 1 is 1.23 bits per heavy atom. The second-order valence-corrected chi connectivity index (χ2v) is 12.6. The van der Waals surface area contributed by atoms with Gasteiger partial charge in [0.25, 0.3) is 0 Å². The number of fused-ring (bicyclic) bond motifs is 3. The van der Waals surface area contributed by atoms with E-state index < -0.39 is 51.6 Å². The maximum Gasteiger partial charge on any atom is 0.320 e. The first kappa shape index (κ1) is 26.5. The first-order valence-electron chi connectivity index (χ1n) is 13.0. The fourth-order valence-corrected chi connectivity index (χ4v) is 7.18. The number of likely N-dealkylation sites (tertiary alicyclic amines) is 1. The molecule has 2 aliphatic heterocycles. The average Bonchev–Trinajstić information content (AvgIpc) is 2.77. The fourth-order valence-electron chi connectivity index (χ4n) is 7.18. The number of piperidine rings is 1. The van der Waals surface area contributed by atoms with Crippen LogP contribution in [0.4, 0.5) is 0 Å². The van der Waals surface area contributed by atoms with Crippen LogP contribution in [-0.2, 0) is 19.1 Å². The number of carbonyl (C=O) groups excluding carboxylic acids is 2. The normalized spacial score (nSPS) is 44.1. The second kappa shape index (κ2) is 8.51. The molecule has 35 heavy (non-hydrogen) atoms. The van der Waals surface area contributed by atoms with Crippen LogP contribution < -0.4 is 0 Å². The highest BCUT2D eigenvalue weighted by Crippen LogP contribution is 2.64. The van der Waals surface area contributed by atoms with E-state index in [1.165, 1.54) is 0 Å². The summed E-state index contributed by atoms with van der Waals surface area (Å²) in [4.78, 5) is 29.1. The van der Waals surface area contributed by atoms with Crippen LogP contribution in [0.1, 0.15) is 73.6 Å². The molecule has 2 aliphatic carbocycles. The molecule has 0 spiro atoms. The molecule has 7 nitrogen and oxygen atoms in total. The number of esters is 1. The van der Waals surface area contributed by atoms with Gasteiger partial charge in [0.05, 0.1) is 23.7 Å². The number of Topliss-reactive ketones (excluding diaryl/α,β-unsaturated/α-hetero) is 1. The second-order valence-electron chi connectivity index (χ2n) is 12.6. The number of hydrogen-bond donors (Lipinski definition) is 2. The van der Waals surface area contributed by atoms with Crippen molar-refractivity contribution in [3.63, 3.8) is 0 Å². The van der Waals surface area contributed by atoms with E-state index in [0.29, 0.717) is 18.8 Å². The van der Waals surface area contributed by atoms with Crippen molar-refractivity contribution in [3.05, 3.63) is 24.3 Å². The quantitative estimate of drug-likeness (QED) is 0.462. The lowest BCUT2D eigenvalue weighted by molar-refractivity contribution is -0.305. The van der Waals surface area contributed by atoms with Crippen molar-refractivity contribution < 1.29 is 29.3 Å². The molecular formula is C28H43NO6. The van der Waals surface area contributed by atoms with Gasteiger partial charge >= 0.3 is 5.97 Å². The molecule has 0 bridgehead atoms. The predicted octanol–water partition coefficient (Wildman–Crippen LogP) is 3.18. The van der Waals surface area contributed by atoms with Crippen LogP contribution in [-0.4, -0.2) is 75.5 Å². The lowest BCUT2D eigenvalue weighted by Gasteiger charge is -2.66. The minimum atomic E-state index is -2.09. The Hall–Kier alpha value is -1.54. The number of nitrogens with zero attached hydrogens (tertiary/aromatic N) is 1. The third-order valence-electron chi connectivity index (χ3n) is 9.61. The maximum atomic E-state index is 13.9. The Labute approximate surface area is 209 Å². The molecule has 0 radical (unpaired) electrons. The highest BCUT2D eigenvalue weighted by Gasteiger charge is 2.76. The first-order valence-corrected chi connectivity index (χ1v) is 13.0. The Kier molecular flexibility index (Phi) is 6.44. The van der Waals surface area contributed by atoms with Gasteiger partial charge in [-0.1, -0.05) is 32.4 Å². The summed E-state index contributed by atoms with van der Waals surface area (Å²) < 4.78 is 12.6. The van der Waals surface area contributed by atoms with Gasteiger partial charge in [-0.15, -0.1) is 6.58 Å². The monoisotopic (exact) mass is 489 g/mol.